The predicted molar refractivity (Wildman–Crippen MR) is 109 cm³/mol. The average molecular weight is 367 g/mol. The number of carbonyl (C=O) groups excluding carboxylic acids is 1. The molecule has 0 atom stereocenters. The van der Waals surface area contributed by atoms with E-state index in [1.54, 1.807) is 7.11 Å². The van der Waals surface area contributed by atoms with Crippen LogP contribution in [-0.4, -0.2) is 55.5 Å². The Morgan fingerprint density at radius 2 is 1.59 bits per heavy atom. The van der Waals surface area contributed by atoms with Gasteiger partial charge >= 0.3 is 0 Å². The molecule has 5 heteroatoms. The maximum Gasteiger partial charge on any atom is 0.238 e. The molecule has 0 saturated carbocycles. The average Bonchev–Trinajstić information content (AvgIpc) is 2.67. The lowest BCUT2D eigenvalue weighted by molar-refractivity contribution is -0.117. The molecule has 27 heavy (non-hydrogen) atoms. The first-order valence-corrected chi connectivity index (χ1v) is 9.49. The molecule has 1 N–H and O–H groups in total. The number of benzene rings is 2. The van der Waals surface area contributed by atoms with Crippen molar-refractivity contribution in [1.82, 2.24) is 9.80 Å². The summed E-state index contributed by atoms with van der Waals surface area (Å²) in [4.78, 5) is 17.1. The third-order valence-corrected chi connectivity index (χ3v) is 5.16. The Morgan fingerprint density at radius 3 is 2.26 bits per heavy atom. The van der Waals surface area contributed by atoms with Crippen molar-refractivity contribution < 1.29 is 9.53 Å². The zero-order valence-corrected chi connectivity index (χ0v) is 16.5. The van der Waals surface area contributed by atoms with Gasteiger partial charge in [0.15, 0.2) is 0 Å². The van der Waals surface area contributed by atoms with E-state index in [4.69, 9.17) is 4.74 Å². The van der Waals surface area contributed by atoms with Crippen LogP contribution in [-0.2, 0) is 11.3 Å². The van der Waals surface area contributed by atoms with Gasteiger partial charge in [0.25, 0.3) is 0 Å². The summed E-state index contributed by atoms with van der Waals surface area (Å²) < 4.78 is 5.45. The van der Waals surface area contributed by atoms with Gasteiger partial charge in [-0.3, -0.25) is 14.6 Å². The van der Waals surface area contributed by atoms with Crippen molar-refractivity contribution in [2.24, 2.45) is 0 Å². The highest BCUT2D eigenvalue weighted by Crippen LogP contribution is 2.21. The second-order valence-corrected chi connectivity index (χ2v) is 7.18. The molecule has 2 aromatic rings. The lowest BCUT2D eigenvalue weighted by Crippen LogP contribution is -2.48. The van der Waals surface area contributed by atoms with E-state index in [1.165, 1.54) is 5.56 Å². The molecular weight excluding hydrogens is 338 g/mol. The Labute approximate surface area is 161 Å². The molecule has 1 saturated heterocycles. The molecule has 0 aromatic heterocycles. The number of carbonyl (C=O) groups is 1. The van der Waals surface area contributed by atoms with Crippen molar-refractivity contribution in [2.45, 2.75) is 20.4 Å². The minimum atomic E-state index is 0.0607. The van der Waals surface area contributed by atoms with Crippen LogP contribution in [0, 0.1) is 13.8 Å². The molecule has 1 heterocycles. The Bertz CT molecular complexity index is 763. The molecule has 1 aliphatic heterocycles. The SMILES string of the molecule is COc1ccccc1CN1CCN(CC(=O)Nc2c(C)cccc2C)CC1. The monoisotopic (exact) mass is 367 g/mol. The van der Waals surface area contributed by atoms with Gasteiger partial charge in [0, 0.05) is 44.0 Å². The summed E-state index contributed by atoms with van der Waals surface area (Å²) in [5, 5.41) is 3.08. The van der Waals surface area contributed by atoms with Crippen molar-refractivity contribution in [1.29, 1.82) is 0 Å². The standard InChI is InChI=1S/C22H29N3O2/c1-17-7-6-8-18(2)22(17)23-21(26)16-25-13-11-24(12-14-25)15-19-9-4-5-10-20(19)27-3/h4-10H,11-16H2,1-3H3,(H,23,26). The van der Waals surface area contributed by atoms with Crippen molar-refractivity contribution in [3.8, 4) is 5.75 Å². The summed E-state index contributed by atoms with van der Waals surface area (Å²) in [6, 6.07) is 14.2. The number of piperazine rings is 1. The number of methoxy groups -OCH3 is 1. The van der Waals surface area contributed by atoms with Crippen LogP contribution in [0.2, 0.25) is 0 Å². The van der Waals surface area contributed by atoms with Gasteiger partial charge in [-0.25, -0.2) is 0 Å². The molecule has 0 bridgehead atoms. The number of ether oxygens (including phenoxy) is 1. The number of para-hydroxylation sites is 2. The third kappa shape index (κ3) is 5.08. The molecular formula is C22H29N3O2. The fraction of sp³-hybridized carbons (Fsp3) is 0.409. The number of hydrogen-bond donors (Lipinski definition) is 1. The number of amides is 1. The quantitative estimate of drug-likeness (QED) is 0.852. The molecule has 0 spiro atoms. The second-order valence-electron chi connectivity index (χ2n) is 7.18. The van der Waals surface area contributed by atoms with E-state index in [1.807, 2.05) is 50.2 Å². The highest BCUT2D eigenvalue weighted by atomic mass is 16.5. The maximum atomic E-state index is 12.5. The summed E-state index contributed by atoms with van der Waals surface area (Å²) in [5.74, 6) is 0.999. The zero-order chi connectivity index (χ0) is 19.2. The minimum Gasteiger partial charge on any atom is -0.496 e. The molecule has 144 valence electrons. The van der Waals surface area contributed by atoms with Crippen molar-refractivity contribution in [3.63, 3.8) is 0 Å². The normalized spacial score (nSPS) is 15.5. The van der Waals surface area contributed by atoms with Gasteiger partial charge < -0.3 is 10.1 Å². The van der Waals surface area contributed by atoms with E-state index in [0.29, 0.717) is 6.54 Å². The topological polar surface area (TPSA) is 44.8 Å². The van der Waals surface area contributed by atoms with Gasteiger partial charge in [-0.05, 0) is 31.0 Å². The number of nitrogens with one attached hydrogen (secondary N) is 1. The van der Waals surface area contributed by atoms with E-state index in [0.717, 1.165) is 55.3 Å². The minimum absolute atomic E-state index is 0.0607. The smallest absolute Gasteiger partial charge is 0.238 e. The van der Waals surface area contributed by atoms with Crippen LogP contribution in [0.15, 0.2) is 42.5 Å². The molecule has 1 amide bonds. The molecule has 2 aromatic carbocycles. The second kappa shape index (κ2) is 9.02. The van der Waals surface area contributed by atoms with Crippen molar-refractivity contribution in [2.75, 3.05) is 45.2 Å². The van der Waals surface area contributed by atoms with Crippen LogP contribution in [0.4, 0.5) is 5.69 Å². The molecule has 1 aliphatic rings. The van der Waals surface area contributed by atoms with E-state index < -0.39 is 0 Å². The lowest BCUT2D eigenvalue weighted by Gasteiger charge is -2.34. The van der Waals surface area contributed by atoms with Crippen molar-refractivity contribution >= 4 is 11.6 Å². The number of nitrogens with zero attached hydrogens (tertiary/aromatic N) is 2. The van der Waals surface area contributed by atoms with Gasteiger partial charge in [-0.15, -0.1) is 0 Å². The van der Waals surface area contributed by atoms with Gasteiger partial charge in [-0.1, -0.05) is 36.4 Å². The fourth-order valence-electron chi connectivity index (χ4n) is 3.57. The van der Waals surface area contributed by atoms with Crippen LogP contribution in [0.25, 0.3) is 0 Å². The van der Waals surface area contributed by atoms with Crippen LogP contribution >= 0.6 is 0 Å². The molecule has 0 aliphatic carbocycles. The van der Waals surface area contributed by atoms with E-state index in [2.05, 4.69) is 21.2 Å². The van der Waals surface area contributed by atoms with E-state index in [9.17, 15) is 4.79 Å². The molecule has 1 fully saturated rings. The van der Waals surface area contributed by atoms with Crippen LogP contribution in [0.5, 0.6) is 5.75 Å². The first kappa shape index (κ1) is 19.4. The Balaban J connectivity index is 1.48. The maximum absolute atomic E-state index is 12.5. The first-order valence-electron chi connectivity index (χ1n) is 9.49. The zero-order valence-electron chi connectivity index (χ0n) is 16.5. The van der Waals surface area contributed by atoms with Gasteiger partial charge in [0.2, 0.25) is 5.91 Å². The summed E-state index contributed by atoms with van der Waals surface area (Å²) in [6.07, 6.45) is 0. The molecule has 0 unspecified atom stereocenters. The molecule has 3 rings (SSSR count). The lowest BCUT2D eigenvalue weighted by atomic mass is 10.1. The first-order chi connectivity index (χ1) is 13.1. The van der Waals surface area contributed by atoms with E-state index in [-0.39, 0.29) is 5.91 Å². The van der Waals surface area contributed by atoms with Gasteiger partial charge in [-0.2, -0.15) is 0 Å². The number of hydrogen-bond acceptors (Lipinski definition) is 4. The van der Waals surface area contributed by atoms with Gasteiger partial charge in [0.1, 0.15) is 5.75 Å². The number of rotatable bonds is 6. The van der Waals surface area contributed by atoms with Gasteiger partial charge in [0.05, 0.1) is 13.7 Å². The highest BCUT2D eigenvalue weighted by molar-refractivity contribution is 5.93. The Morgan fingerprint density at radius 1 is 0.963 bits per heavy atom. The van der Waals surface area contributed by atoms with Crippen molar-refractivity contribution in [3.05, 3.63) is 59.2 Å². The number of aryl methyl sites for hydroxylation is 2. The Hall–Kier alpha value is -2.37. The number of anilines is 1. The van der Waals surface area contributed by atoms with Crippen LogP contribution < -0.4 is 10.1 Å². The molecule has 5 nitrogen and oxygen atoms in total. The predicted octanol–water partition coefficient (Wildman–Crippen LogP) is 3.07. The largest absolute Gasteiger partial charge is 0.496 e. The summed E-state index contributed by atoms with van der Waals surface area (Å²) in [7, 11) is 1.71. The fourth-order valence-corrected chi connectivity index (χ4v) is 3.57. The summed E-state index contributed by atoms with van der Waals surface area (Å²) in [5.41, 5.74) is 4.36. The van der Waals surface area contributed by atoms with Crippen LogP contribution in [0.3, 0.4) is 0 Å². The van der Waals surface area contributed by atoms with Crippen LogP contribution in [0.1, 0.15) is 16.7 Å². The molecule has 0 radical (unpaired) electrons. The highest BCUT2D eigenvalue weighted by Gasteiger charge is 2.20. The summed E-state index contributed by atoms with van der Waals surface area (Å²) in [6.45, 7) is 9.08. The Kier molecular flexibility index (Phi) is 6.48. The summed E-state index contributed by atoms with van der Waals surface area (Å²) >= 11 is 0. The third-order valence-electron chi connectivity index (χ3n) is 5.16. The van der Waals surface area contributed by atoms with E-state index >= 15 is 0 Å².